The largest absolute Gasteiger partial charge is 0.460 e. The number of carbonyl (C=O) groups excluding carboxylic acids is 4. The fourth-order valence-electron chi connectivity index (χ4n) is 4.83. The molecule has 1 aliphatic rings. The van der Waals surface area contributed by atoms with Gasteiger partial charge in [0, 0.05) is 38.2 Å². The first-order chi connectivity index (χ1) is 21.6. The number of esters is 1. The number of nitrogens with one attached hydrogen (secondary N) is 1. The summed E-state index contributed by atoms with van der Waals surface area (Å²) in [6.07, 6.45) is 1.32. The van der Waals surface area contributed by atoms with E-state index >= 15 is 0 Å². The van der Waals surface area contributed by atoms with E-state index in [2.05, 4.69) is 5.32 Å². The molecule has 3 amide bonds. The number of ether oxygens (including phenoxy) is 2. The molecule has 11 heteroatoms. The van der Waals surface area contributed by atoms with Crippen molar-refractivity contribution in [1.82, 2.24) is 20.1 Å². The number of rotatable bonds is 11. The van der Waals surface area contributed by atoms with Crippen LogP contribution in [0, 0.1) is 0 Å². The van der Waals surface area contributed by atoms with Crippen molar-refractivity contribution in [3.63, 3.8) is 0 Å². The Morgan fingerprint density at radius 3 is 2.11 bits per heavy atom. The minimum absolute atomic E-state index is 0.0507. The Kier molecular flexibility index (Phi) is 11.7. The number of amides is 3. The molecule has 1 saturated heterocycles. The highest BCUT2D eigenvalue weighted by atomic mass is 32.1. The van der Waals surface area contributed by atoms with Gasteiger partial charge in [-0.3, -0.25) is 14.4 Å². The standard InChI is InChI=1S/C34H42N4O6S/c1-5-6-23-43-33(42)38-21-19-37(20-22-38)32(41)26(17-18-27(39)44-34(2,3)4)35-30(40)28-29(24-13-9-7-10-14-24)45-31(36-28)25-15-11-8-12-16-25/h7-16,26H,5-6,17-23H2,1-4H3,(H,35,40)/t26-/m0/s1. The zero-order valence-electron chi connectivity index (χ0n) is 26.4. The minimum atomic E-state index is -1.00. The van der Waals surface area contributed by atoms with Gasteiger partial charge in [-0.25, -0.2) is 9.78 Å². The predicted octanol–water partition coefficient (Wildman–Crippen LogP) is 5.78. The summed E-state index contributed by atoms with van der Waals surface area (Å²) >= 11 is 1.40. The topological polar surface area (TPSA) is 118 Å². The quantitative estimate of drug-likeness (QED) is 0.210. The molecule has 0 saturated carbocycles. The predicted molar refractivity (Wildman–Crippen MR) is 174 cm³/mol. The summed E-state index contributed by atoms with van der Waals surface area (Å²) in [6.45, 7) is 8.91. The third-order valence-corrected chi connectivity index (χ3v) is 8.29. The van der Waals surface area contributed by atoms with E-state index < -0.39 is 29.6 Å². The summed E-state index contributed by atoms with van der Waals surface area (Å²) in [6, 6.07) is 18.1. The molecule has 0 aliphatic carbocycles. The van der Waals surface area contributed by atoms with Gasteiger partial charge < -0.3 is 24.6 Å². The molecule has 0 spiro atoms. The summed E-state index contributed by atoms with van der Waals surface area (Å²) in [5.74, 6) is -1.29. The molecule has 1 aliphatic heterocycles. The van der Waals surface area contributed by atoms with E-state index in [1.165, 1.54) is 11.3 Å². The third kappa shape index (κ3) is 9.62. The van der Waals surface area contributed by atoms with Crippen LogP contribution in [0.2, 0.25) is 0 Å². The minimum Gasteiger partial charge on any atom is -0.460 e. The molecular formula is C34H42N4O6S. The zero-order valence-corrected chi connectivity index (χ0v) is 27.2. The molecule has 10 nitrogen and oxygen atoms in total. The molecule has 240 valence electrons. The zero-order chi connectivity index (χ0) is 32.4. The summed E-state index contributed by atoms with van der Waals surface area (Å²) in [7, 11) is 0. The Morgan fingerprint density at radius 2 is 1.51 bits per heavy atom. The van der Waals surface area contributed by atoms with Gasteiger partial charge >= 0.3 is 12.1 Å². The number of piperazine rings is 1. The average Bonchev–Trinajstić information content (AvgIpc) is 3.49. The summed E-state index contributed by atoms with van der Waals surface area (Å²) < 4.78 is 10.8. The Hall–Kier alpha value is -4.25. The Balaban J connectivity index is 1.54. The van der Waals surface area contributed by atoms with Gasteiger partial charge in [0.1, 0.15) is 22.3 Å². The number of aromatic nitrogens is 1. The molecule has 2 heterocycles. The second-order valence-corrected chi connectivity index (χ2v) is 12.9. The van der Waals surface area contributed by atoms with Crippen LogP contribution >= 0.6 is 11.3 Å². The van der Waals surface area contributed by atoms with E-state index in [-0.39, 0.29) is 37.5 Å². The van der Waals surface area contributed by atoms with E-state index in [1.54, 1.807) is 30.6 Å². The molecule has 0 bridgehead atoms. The Morgan fingerprint density at radius 1 is 0.911 bits per heavy atom. The van der Waals surface area contributed by atoms with Crippen LogP contribution in [0.1, 0.15) is 63.9 Å². The van der Waals surface area contributed by atoms with Crippen LogP contribution in [0.15, 0.2) is 60.7 Å². The molecule has 1 atom stereocenters. The number of unbranched alkanes of at least 4 members (excludes halogenated alkanes) is 1. The molecule has 0 radical (unpaired) electrons. The second-order valence-electron chi connectivity index (χ2n) is 11.9. The molecule has 0 unspecified atom stereocenters. The molecule has 45 heavy (non-hydrogen) atoms. The summed E-state index contributed by atoms with van der Waals surface area (Å²) in [5.41, 5.74) is 1.24. The van der Waals surface area contributed by atoms with Crippen molar-refractivity contribution in [2.75, 3.05) is 32.8 Å². The Bertz CT molecular complexity index is 1450. The first kappa shape index (κ1) is 33.6. The third-order valence-electron chi connectivity index (χ3n) is 7.13. The van der Waals surface area contributed by atoms with E-state index in [9.17, 15) is 19.2 Å². The van der Waals surface area contributed by atoms with Gasteiger partial charge in [0.15, 0.2) is 0 Å². The van der Waals surface area contributed by atoms with Crippen molar-refractivity contribution in [3.8, 4) is 21.0 Å². The van der Waals surface area contributed by atoms with Gasteiger partial charge in [-0.2, -0.15) is 0 Å². The number of thiazole rings is 1. The van der Waals surface area contributed by atoms with E-state index in [1.807, 2.05) is 67.6 Å². The first-order valence-electron chi connectivity index (χ1n) is 15.4. The van der Waals surface area contributed by atoms with Crippen LogP contribution in [0.4, 0.5) is 4.79 Å². The molecular weight excluding hydrogens is 592 g/mol. The van der Waals surface area contributed by atoms with Crippen molar-refractivity contribution in [1.29, 1.82) is 0 Å². The van der Waals surface area contributed by atoms with Crippen molar-refractivity contribution < 1.29 is 28.7 Å². The maximum Gasteiger partial charge on any atom is 0.409 e. The number of benzene rings is 2. The van der Waals surface area contributed by atoms with Crippen LogP contribution in [-0.4, -0.2) is 83.1 Å². The maximum atomic E-state index is 13.9. The molecule has 1 N–H and O–H groups in total. The fourth-order valence-corrected chi connectivity index (χ4v) is 5.90. The van der Waals surface area contributed by atoms with Crippen LogP contribution in [-0.2, 0) is 19.1 Å². The van der Waals surface area contributed by atoms with Gasteiger partial charge in [0.05, 0.1) is 11.5 Å². The monoisotopic (exact) mass is 634 g/mol. The highest BCUT2D eigenvalue weighted by Crippen LogP contribution is 2.35. The lowest BCUT2D eigenvalue weighted by Crippen LogP contribution is -2.56. The summed E-state index contributed by atoms with van der Waals surface area (Å²) in [5, 5.41) is 3.57. The van der Waals surface area contributed by atoms with E-state index in [4.69, 9.17) is 14.5 Å². The van der Waals surface area contributed by atoms with Gasteiger partial charge in [-0.15, -0.1) is 11.3 Å². The van der Waals surface area contributed by atoms with E-state index in [0.29, 0.717) is 29.6 Å². The number of nitrogens with zero attached hydrogens (tertiary/aromatic N) is 3. The highest BCUT2D eigenvalue weighted by Gasteiger charge is 2.33. The lowest BCUT2D eigenvalue weighted by Gasteiger charge is -2.36. The molecule has 2 aromatic carbocycles. The molecule has 1 aromatic heterocycles. The van der Waals surface area contributed by atoms with Crippen LogP contribution in [0.25, 0.3) is 21.0 Å². The van der Waals surface area contributed by atoms with Gasteiger partial charge in [0.2, 0.25) is 5.91 Å². The van der Waals surface area contributed by atoms with Gasteiger partial charge in [0.25, 0.3) is 5.91 Å². The van der Waals surface area contributed by atoms with Crippen LogP contribution < -0.4 is 5.32 Å². The second kappa shape index (κ2) is 15.7. The summed E-state index contributed by atoms with van der Waals surface area (Å²) in [4.78, 5) is 61.4. The Labute approximate surface area is 268 Å². The smallest absolute Gasteiger partial charge is 0.409 e. The van der Waals surface area contributed by atoms with Crippen molar-refractivity contribution in [2.45, 2.75) is 65.0 Å². The average molecular weight is 635 g/mol. The SMILES string of the molecule is CCCCOC(=O)N1CCN(C(=O)[C@H](CCC(=O)OC(C)(C)C)NC(=O)c2nc(-c3ccccc3)sc2-c2ccccc2)CC1. The molecule has 4 rings (SSSR count). The normalized spacial score (nSPS) is 14.0. The van der Waals surface area contributed by atoms with Crippen molar-refractivity contribution in [2.24, 2.45) is 0 Å². The van der Waals surface area contributed by atoms with E-state index in [0.717, 1.165) is 24.0 Å². The lowest BCUT2D eigenvalue weighted by atomic mass is 10.1. The molecule has 1 fully saturated rings. The van der Waals surface area contributed by atoms with Gasteiger partial charge in [-0.05, 0) is 39.2 Å². The van der Waals surface area contributed by atoms with Crippen molar-refractivity contribution in [3.05, 3.63) is 66.4 Å². The van der Waals surface area contributed by atoms with Crippen LogP contribution in [0.3, 0.4) is 0 Å². The number of hydrogen-bond acceptors (Lipinski definition) is 8. The number of carbonyl (C=O) groups is 4. The van der Waals surface area contributed by atoms with Gasteiger partial charge in [-0.1, -0.05) is 74.0 Å². The van der Waals surface area contributed by atoms with Crippen LogP contribution in [0.5, 0.6) is 0 Å². The fraction of sp³-hybridized carbons (Fsp3) is 0.441. The highest BCUT2D eigenvalue weighted by molar-refractivity contribution is 7.18. The van der Waals surface area contributed by atoms with Crippen molar-refractivity contribution >= 4 is 35.2 Å². The maximum absolute atomic E-state index is 13.9. The molecule has 3 aromatic rings. The number of hydrogen-bond donors (Lipinski definition) is 1. The first-order valence-corrected chi connectivity index (χ1v) is 16.2. The lowest BCUT2D eigenvalue weighted by molar-refractivity contribution is -0.155.